The number of H-pyrrole nitrogens is 1. The highest BCUT2D eigenvalue weighted by Gasteiger charge is 2.09. The van der Waals surface area contributed by atoms with E-state index in [4.69, 9.17) is 4.74 Å². The first-order valence-corrected chi connectivity index (χ1v) is 4.83. The maximum Gasteiger partial charge on any atom is 0.142 e. The van der Waals surface area contributed by atoms with Crippen molar-refractivity contribution in [1.29, 1.82) is 0 Å². The summed E-state index contributed by atoms with van der Waals surface area (Å²) in [5.41, 5.74) is 2.28. The zero-order valence-electron chi connectivity index (χ0n) is 7.52. The summed E-state index contributed by atoms with van der Waals surface area (Å²) in [6.07, 6.45) is 1.92. The predicted molar refractivity (Wildman–Crippen MR) is 57.3 cm³/mol. The van der Waals surface area contributed by atoms with Gasteiger partial charge in [0.15, 0.2) is 0 Å². The Labute approximate surface area is 85.0 Å². The number of aromatic nitrogens is 1. The summed E-state index contributed by atoms with van der Waals surface area (Å²) >= 11 is 3.51. The zero-order valence-corrected chi connectivity index (χ0v) is 9.10. The average molecular weight is 240 g/mol. The molecule has 0 fully saturated rings. The van der Waals surface area contributed by atoms with Crippen molar-refractivity contribution < 1.29 is 4.74 Å². The minimum atomic E-state index is 0.899. The van der Waals surface area contributed by atoms with Crippen LogP contribution in [-0.2, 0) is 0 Å². The van der Waals surface area contributed by atoms with Gasteiger partial charge in [-0.25, -0.2) is 0 Å². The molecule has 2 rings (SSSR count). The largest absolute Gasteiger partial charge is 0.495 e. The summed E-state index contributed by atoms with van der Waals surface area (Å²) in [7, 11) is 1.69. The Hall–Kier alpha value is -0.960. The third-order valence-corrected chi connectivity index (χ3v) is 3.12. The number of aromatic amines is 1. The third kappa shape index (κ3) is 1.23. The Balaban J connectivity index is 2.87. The molecule has 0 amide bonds. The van der Waals surface area contributed by atoms with Gasteiger partial charge in [0, 0.05) is 17.1 Å². The lowest BCUT2D eigenvalue weighted by Crippen LogP contribution is -1.87. The number of methoxy groups -OCH3 is 1. The normalized spacial score (nSPS) is 10.7. The molecule has 1 aromatic heterocycles. The Kier molecular flexibility index (Phi) is 2.04. The summed E-state index contributed by atoms with van der Waals surface area (Å²) < 4.78 is 6.36. The molecule has 13 heavy (non-hydrogen) atoms. The van der Waals surface area contributed by atoms with Crippen LogP contribution in [0.15, 0.2) is 22.8 Å². The molecule has 2 aromatic rings. The lowest BCUT2D eigenvalue weighted by Gasteiger charge is -2.07. The first-order chi connectivity index (χ1) is 6.24. The van der Waals surface area contributed by atoms with Crippen molar-refractivity contribution in [2.45, 2.75) is 6.92 Å². The van der Waals surface area contributed by atoms with E-state index in [0.29, 0.717) is 0 Å². The summed E-state index contributed by atoms with van der Waals surface area (Å²) in [6, 6.07) is 4.11. The highest BCUT2D eigenvalue weighted by molar-refractivity contribution is 9.10. The van der Waals surface area contributed by atoms with Crippen LogP contribution in [0.1, 0.15) is 5.56 Å². The first kappa shape index (κ1) is 8.63. The van der Waals surface area contributed by atoms with Crippen LogP contribution < -0.4 is 4.74 Å². The molecule has 0 spiro atoms. The van der Waals surface area contributed by atoms with E-state index in [1.807, 2.05) is 19.2 Å². The minimum Gasteiger partial charge on any atom is -0.495 e. The molecule has 0 aliphatic rings. The smallest absolute Gasteiger partial charge is 0.142 e. The predicted octanol–water partition coefficient (Wildman–Crippen LogP) is 3.25. The first-order valence-electron chi connectivity index (χ1n) is 4.04. The maximum atomic E-state index is 5.33. The molecular weight excluding hydrogens is 230 g/mol. The second kappa shape index (κ2) is 3.07. The summed E-state index contributed by atoms with van der Waals surface area (Å²) in [4.78, 5) is 3.16. The van der Waals surface area contributed by atoms with Crippen molar-refractivity contribution in [1.82, 2.24) is 4.98 Å². The zero-order chi connectivity index (χ0) is 9.42. The number of benzene rings is 1. The van der Waals surface area contributed by atoms with Crippen LogP contribution in [-0.4, -0.2) is 12.1 Å². The van der Waals surface area contributed by atoms with E-state index < -0.39 is 0 Å². The maximum absolute atomic E-state index is 5.33. The van der Waals surface area contributed by atoms with Crippen molar-refractivity contribution in [3.63, 3.8) is 0 Å². The van der Waals surface area contributed by atoms with Gasteiger partial charge in [-0.05, 0) is 40.5 Å². The van der Waals surface area contributed by atoms with Crippen molar-refractivity contribution in [3.8, 4) is 5.75 Å². The molecule has 0 saturated carbocycles. The van der Waals surface area contributed by atoms with Gasteiger partial charge in [-0.2, -0.15) is 0 Å². The Morgan fingerprint density at radius 1 is 1.46 bits per heavy atom. The topological polar surface area (TPSA) is 25.0 Å². The van der Waals surface area contributed by atoms with Crippen molar-refractivity contribution >= 4 is 26.8 Å². The van der Waals surface area contributed by atoms with Crippen molar-refractivity contribution in [2.75, 3.05) is 7.11 Å². The summed E-state index contributed by atoms with van der Waals surface area (Å²) in [5.74, 6) is 0.899. The van der Waals surface area contributed by atoms with Gasteiger partial charge in [0.1, 0.15) is 5.75 Å². The number of ether oxygens (including phenoxy) is 1. The quantitative estimate of drug-likeness (QED) is 0.813. The van der Waals surface area contributed by atoms with Crippen LogP contribution in [0.5, 0.6) is 5.75 Å². The molecule has 0 radical (unpaired) electrons. The number of rotatable bonds is 1. The van der Waals surface area contributed by atoms with Gasteiger partial charge in [0.2, 0.25) is 0 Å². The number of hydrogen-bond donors (Lipinski definition) is 1. The van der Waals surface area contributed by atoms with Gasteiger partial charge in [-0.15, -0.1) is 0 Å². The molecule has 2 nitrogen and oxygen atoms in total. The van der Waals surface area contributed by atoms with Gasteiger partial charge in [0.05, 0.1) is 11.6 Å². The van der Waals surface area contributed by atoms with E-state index in [1.165, 1.54) is 5.56 Å². The standard InChI is InChI=1S/C10H10BrNO/c1-6-5-8-7(3-4-12-8)10(13-2)9(6)11/h3-5,12H,1-2H3. The van der Waals surface area contributed by atoms with Crippen LogP contribution in [0.4, 0.5) is 0 Å². The number of fused-ring (bicyclic) bond motifs is 1. The summed E-state index contributed by atoms with van der Waals surface area (Å²) in [6.45, 7) is 2.05. The molecule has 1 heterocycles. The van der Waals surface area contributed by atoms with Crippen LogP contribution in [0.25, 0.3) is 10.9 Å². The Bertz CT molecular complexity index is 447. The lowest BCUT2D eigenvalue weighted by atomic mass is 10.1. The van der Waals surface area contributed by atoms with Crippen LogP contribution in [0.3, 0.4) is 0 Å². The Morgan fingerprint density at radius 3 is 2.92 bits per heavy atom. The monoisotopic (exact) mass is 239 g/mol. The van der Waals surface area contributed by atoms with Crippen molar-refractivity contribution in [3.05, 3.63) is 28.4 Å². The van der Waals surface area contributed by atoms with E-state index in [1.54, 1.807) is 7.11 Å². The SMILES string of the molecule is COc1c(Br)c(C)cc2[nH]ccc12. The molecule has 1 aromatic carbocycles. The summed E-state index contributed by atoms with van der Waals surface area (Å²) in [5, 5.41) is 1.11. The van der Waals surface area contributed by atoms with Gasteiger partial charge in [-0.3, -0.25) is 0 Å². The number of aryl methyl sites for hydroxylation is 1. The Morgan fingerprint density at radius 2 is 2.23 bits per heavy atom. The number of nitrogens with one attached hydrogen (secondary N) is 1. The van der Waals surface area contributed by atoms with Gasteiger partial charge < -0.3 is 9.72 Å². The van der Waals surface area contributed by atoms with Crippen LogP contribution in [0.2, 0.25) is 0 Å². The molecule has 0 saturated heterocycles. The molecule has 0 aliphatic carbocycles. The molecule has 0 atom stereocenters. The van der Waals surface area contributed by atoms with Crippen LogP contribution in [0, 0.1) is 6.92 Å². The van der Waals surface area contributed by atoms with Crippen LogP contribution >= 0.6 is 15.9 Å². The molecule has 1 N–H and O–H groups in total. The molecule has 68 valence electrons. The number of halogens is 1. The fourth-order valence-corrected chi connectivity index (χ4v) is 1.97. The fraction of sp³-hybridized carbons (Fsp3) is 0.200. The van der Waals surface area contributed by atoms with Gasteiger partial charge in [-0.1, -0.05) is 0 Å². The molecule has 0 bridgehead atoms. The minimum absolute atomic E-state index is 0.899. The molecule has 0 unspecified atom stereocenters. The molecular formula is C10H10BrNO. The lowest BCUT2D eigenvalue weighted by molar-refractivity contribution is 0.417. The van der Waals surface area contributed by atoms with E-state index in [2.05, 4.69) is 27.0 Å². The fourth-order valence-electron chi connectivity index (χ4n) is 1.48. The second-order valence-electron chi connectivity index (χ2n) is 2.98. The van der Waals surface area contributed by atoms with E-state index in [9.17, 15) is 0 Å². The number of hydrogen-bond acceptors (Lipinski definition) is 1. The van der Waals surface area contributed by atoms with E-state index >= 15 is 0 Å². The molecule has 3 heteroatoms. The third-order valence-electron chi connectivity index (χ3n) is 2.13. The second-order valence-corrected chi connectivity index (χ2v) is 3.77. The highest BCUT2D eigenvalue weighted by atomic mass is 79.9. The van der Waals surface area contributed by atoms with Gasteiger partial charge >= 0.3 is 0 Å². The average Bonchev–Trinajstić information content (AvgIpc) is 2.54. The van der Waals surface area contributed by atoms with E-state index in [0.717, 1.165) is 21.1 Å². The van der Waals surface area contributed by atoms with E-state index in [-0.39, 0.29) is 0 Å². The van der Waals surface area contributed by atoms with Crippen molar-refractivity contribution in [2.24, 2.45) is 0 Å². The molecule has 0 aliphatic heterocycles. The van der Waals surface area contributed by atoms with Gasteiger partial charge in [0.25, 0.3) is 0 Å². The highest BCUT2D eigenvalue weighted by Crippen LogP contribution is 2.35.